The molecule has 1 aliphatic rings. The van der Waals surface area contributed by atoms with E-state index in [9.17, 15) is 14.7 Å². The van der Waals surface area contributed by atoms with E-state index in [2.05, 4.69) is 15.5 Å². The van der Waals surface area contributed by atoms with Crippen LogP contribution in [-0.4, -0.2) is 118 Å². The number of aliphatic hydroxyl groups is 1. The Labute approximate surface area is 293 Å². The highest BCUT2D eigenvalue weighted by atomic mass is 35.5. The van der Waals surface area contributed by atoms with Gasteiger partial charge < -0.3 is 29.9 Å². The second kappa shape index (κ2) is 27.7. The van der Waals surface area contributed by atoms with Crippen LogP contribution in [0.3, 0.4) is 0 Å². The average molecular weight is 703 g/mol. The molecule has 1 aliphatic heterocycles. The molecular weight excluding hydrogens is 647 g/mol. The van der Waals surface area contributed by atoms with Crippen molar-refractivity contribution in [2.45, 2.75) is 32.5 Å². The van der Waals surface area contributed by atoms with E-state index in [4.69, 9.17) is 27.9 Å². The number of benzene rings is 2. The van der Waals surface area contributed by atoms with Crippen LogP contribution < -0.4 is 10.6 Å². The lowest BCUT2D eigenvalue weighted by Gasteiger charge is -2.31. The SMILES string of the molecule is C.CN(C)CCCNC(=O)C=Cc1ccccc1.C[N+](C)(CCCNC(=O)C=Cc1ccccc1)CC(O)CCl.Cl.ClCC1CO1. The van der Waals surface area contributed by atoms with E-state index in [-0.39, 0.29) is 37.5 Å². The van der Waals surface area contributed by atoms with Crippen LogP contribution in [0.2, 0.25) is 0 Å². The van der Waals surface area contributed by atoms with Gasteiger partial charge in [-0.05, 0) is 50.3 Å². The smallest absolute Gasteiger partial charge is 0.244 e. The number of ether oxygens (including phenoxy) is 1. The highest BCUT2D eigenvalue weighted by molar-refractivity contribution is 6.18. The van der Waals surface area contributed by atoms with Gasteiger partial charge in [-0.15, -0.1) is 35.6 Å². The molecule has 0 saturated carbocycles. The van der Waals surface area contributed by atoms with Crippen molar-refractivity contribution in [2.75, 3.05) is 79.3 Å². The number of alkyl halides is 2. The van der Waals surface area contributed by atoms with Gasteiger partial charge in [0.25, 0.3) is 0 Å². The van der Waals surface area contributed by atoms with Crippen LogP contribution in [-0.2, 0) is 14.3 Å². The Balaban J connectivity index is 0. The molecule has 2 aromatic rings. The van der Waals surface area contributed by atoms with Gasteiger partial charge in [-0.3, -0.25) is 9.59 Å². The summed E-state index contributed by atoms with van der Waals surface area (Å²) in [5.41, 5.74) is 2.04. The largest absolute Gasteiger partial charge is 0.386 e. The van der Waals surface area contributed by atoms with Gasteiger partial charge in [0, 0.05) is 31.7 Å². The molecule has 260 valence electrons. The molecule has 2 aromatic carbocycles. The van der Waals surface area contributed by atoms with Crippen molar-refractivity contribution >= 4 is 59.6 Å². The predicted octanol–water partition coefficient (Wildman–Crippen LogP) is 5.33. The third kappa shape index (κ3) is 26.8. The Morgan fingerprint density at radius 3 is 1.76 bits per heavy atom. The maximum absolute atomic E-state index is 11.7. The molecule has 0 aromatic heterocycles. The number of carbonyl (C=O) groups excluding carboxylic acids is 2. The van der Waals surface area contributed by atoms with Crippen LogP contribution in [0, 0.1) is 0 Å². The van der Waals surface area contributed by atoms with Crippen LogP contribution in [0.25, 0.3) is 12.2 Å². The summed E-state index contributed by atoms with van der Waals surface area (Å²) in [6.45, 7) is 4.70. The molecule has 11 heteroatoms. The quantitative estimate of drug-likeness (QED) is 0.0723. The number of likely N-dealkylation sites (N-methyl/N-ethyl adjacent to an activating group) is 1. The van der Waals surface area contributed by atoms with Crippen molar-refractivity contribution in [3.05, 3.63) is 83.9 Å². The Bertz CT molecular complexity index is 1100. The van der Waals surface area contributed by atoms with E-state index in [1.165, 1.54) is 0 Å². The van der Waals surface area contributed by atoms with E-state index in [1.54, 1.807) is 18.2 Å². The molecule has 1 saturated heterocycles. The van der Waals surface area contributed by atoms with E-state index in [0.717, 1.165) is 50.2 Å². The van der Waals surface area contributed by atoms with Gasteiger partial charge in [0.15, 0.2) is 0 Å². The van der Waals surface area contributed by atoms with E-state index in [0.29, 0.717) is 29.6 Å². The molecule has 0 aliphatic carbocycles. The number of halogens is 3. The summed E-state index contributed by atoms with van der Waals surface area (Å²) in [5, 5.41) is 15.3. The maximum atomic E-state index is 11.7. The van der Waals surface area contributed by atoms with Gasteiger partial charge in [0.1, 0.15) is 12.6 Å². The number of hydrogen-bond acceptors (Lipinski definition) is 5. The Morgan fingerprint density at radius 1 is 0.935 bits per heavy atom. The van der Waals surface area contributed by atoms with Crippen LogP contribution in [0.4, 0.5) is 0 Å². The zero-order valence-electron chi connectivity index (χ0n) is 27.0. The lowest BCUT2D eigenvalue weighted by Crippen LogP contribution is -2.47. The number of hydrogen-bond donors (Lipinski definition) is 3. The van der Waals surface area contributed by atoms with E-state index < -0.39 is 6.10 Å². The number of aliphatic hydroxyl groups excluding tert-OH is 1. The molecule has 2 atom stereocenters. The molecule has 3 N–H and O–H groups in total. The topological polar surface area (TPSA) is 94.2 Å². The predicted molar refractivity (Wildman–Crippen MR) is 198 cm³/mol. The van der Waals surface area contributed by atoms with E-state index in [1.807, 2.05) is 94.9 Å². The van der Waals surface area contributed by atoms with Gasteiger partial charge in [-0.2, -0.15) is 0 Å². The fourth-order valence-electron chi connectivity index (χ4n) is 3.78. The first kappa shape index (κ1) is 45.7. The summed E-state index contributed by atoms with van der Waals surface area (Å²) < 4.78 is 5.41. The molecule has 46 heavy (non-hydrogen) atoms. The molecular formula is C35H56Cl3N4O4+. The number of epoxide rings is 1. The first-order valence-corrected chi connectivity index (χ1v) is 16.0. The lowest BCUT2D eigenvalue weighted by atomic mass is 10.2. The number of nitrogens with zero attached hydrogens (tertiary/aromatic N) is 2. The van der Waals surface area contributed by atoms with Crippen molar-refractivity contribution in [3.63, 3.8) is 0 Å². The van der Waals surface area contributed by atoms with Gasteiger partial charge in [0.2, 0.25) is 11.8 Å². The fourth-order valence-corrected chi connectivity index (χ4v) is 4.06. The minimum absolute atomic E-state index is 0. The fraction of sp³-hybridized carbons (Fsp3) is 0.486. The molecule has 2 amide bonds. The Morgan fingerprint density at radius 2 is 1.39 bits per heavy atom. The summed E-state index contributed by atoms with van der Waals surface area (Å²) >= 11 is 10.9. The zero-order valence-corrected chi connectivity index (χ0v) is 29.4. The second-order valence-electron chi connectivity index (χ2n) is 11.3. The molecule has 3 rings (SSSR count). The van der Waals surface area contributed by atoms with Gasteiger partial charge in [0.05, 0.1) is 45.1 Å². The standard InChI is InChI=1S/C17H25ClN2O2.C14H20N2O.C3H5ClO.CH4.ClH/c1-20(2,14-16(21)13-18)12-6-11-19-17(22)10-9-15-7-4-3-5-8-15;1-16(2)12-6-11-15-14(17)10-9-13-7-4-3-5-8-13;4-1-3-2-5-3;;/h3-5,7-10,16,21H,6,11-14H2,1-2H3;3-5,7-10H,6,11-12H2,1-2H3,(H,15,17);3H,1-2H2;1H4;1H/p+1. The minimum Gasteiger partial charge on any atom is -0.386 e. The molecule has 8 nitrogen and oxygen atoms in total. The molecule has 0 radical (unpaired) electrons. The molecule has 0 bridgehead atoms. The second-order valence-corrected chi connectivity index (χ2v) is 12.0. The summed E-state index contributed by atoms with van der Waals surface area (Å²) in [7, 11) is 8.15. The molecule has 0 spiro atoms. The van der Waals surface area contributed by atoms with Gasteiger partial charge in [-0.1, -0.05) is 68.1 Å². The molecule has 1 heterocycles. The minimum atomic E-state index is -0.486. The normalized spacial score (nSPS) is 14.1. The monoisotopic (exact) mass is 701 g/mol. The third-order valence-corrected chi connectivity index (χ3v) is 6.93. The average Bonchev–Trinajstić information content (AvgIpc) is 3.86. The third-order valence-electron chi connectivity index (χ3n) is 6.23. The van der Waals surface area contributed by atoms with Gasteiger partial charge >= 0.3 is 0 Å². The van der Waals surface area contributed by atoms with Crippen molar-refractivity contribution in [1.82, 2.24) is 15.5 Å². The Kier molecular flexibility index (Phi) is 27.5. The first-order valence-electron chi connectivity index (χ1n) is 14.9. The number of quaternary nitrogens is 1. The summed E-state index contributed by atoms with van der Waals surface area (Å²) in [4.78, 5) is 25.3. The summed E-state index contributed by atoms with van der Waals surface area (Å²) in [6.07, 6.45) is 8.48. The van der Waals surface area contributed by atoms with Crippen LogP contribution in [0.15, 0.2) is 72.8 Å². The number of carbonyl (C=O) groups is 2. The van der Waals surface area contributed by atoms with Crippen molar-refractivity contribution in [2.24, 2.45) is 0 Å². The first-order chi connectivity index (χ1) is 21.0. The summed E-state index contributed by atoms with van der Waals surface area (Å²) in [5.74, 6) is 0.797. The van der Waals surface area contributed by atoms with E-state index >= 15 is 0 Å². The lowest BCUT2D eigenvalue weighted by molar-refractivity contribution is -0.893. The number of amides is 2. The van der Waals surface area contributed by atoms with Crippen molar-refractivity contribution in [1.29, 1.82) is 0 Å². The van der Waals surface area contributed by atoms with Crippen molar-refractivity contribution in [3.8, 4) is 0 Å². The van der Waals surface area contributed by atoms with Gasteiger partial charge in [-0.25, -0.2) is 0 Å². The maximum Gasteiger partial charge on any atom is 0.244 e. The van der Waals surface area contributed by atoms with Crippen LogP contribution >= 0.6 is 35.6 Å². The summed E-state index contributed by atoms with van der Waals surface area (Å²) in [6, 6.07) is 19.5. The van der Waals surface area contributed by atoms with Crippen LogP contribution in [0.5, 0.6) is 0 Å². The highest BCUT2D eigenvalue weighted by Gasteiger charge is 2.20. The van der Waals surface area contributed by atoms with Crippen LogP contribution in [0.1, 0.15) is 31.4 Å². The molecule has 1 fully saturated rings. The number of rotatable bonds is 16. The zero-order chi connectivity index (χ0) is 32.6. The van der Waals surface area contributed by atoms with Crippen molar-refractivity contribution < 1.29 is 23.9 Å². The number of nitrogens with one attached hydrogen (secondary N) is 2. The molecule has 2 unspecified atom stereocenters. The Hall–Kier alpha value is -2.43. The highest BCUT2D eigenvalue weighted by Crippen LogP contribution is 2.08.